The summed E-state index contributed by atoms with van der Waals surface area (Å²) in [7, 11) is 0. The van der Waals surface area contributed by atoms with Gasteiger partial charge in [0.15, 0.2) is 5.78 Å². The highest BCUT2D eigenvalue weighted by molar-refractivity contribution is 9.10. The van der Waals surface area contributed by atoms with E-state index in [-0.39, 0.29) is 17.2 Å². The van der Waals surface area contributed by atoms with Gasteiger partial charge in [-0.25, -0.2) is 9.18 Å². The number of urea groups is 1. The number of anilines is 1. The molecule has 9 heteroatoms. The third kappa shape index (κ3) is 4.04. The second-order valence-electron chi connectivity index (χ2n) is 6.75. The summed E-state index contributed by atoms with van der Waals surface area (Å²) in [5.74, 6) is -2.58. The van der Waals surface area contributed by atoms with E-state index in [1.807, 2.05) is 0 Å². The van der Waals surface area contributed by atoms with Crippen molar-refractivity contribution < 1.29 is 23.6 Å². The predicted molar refractivity (Wildman–Crippen MR) is 107 cm³/mol. The average Bonchev–Trinajstić information content (AvgIpc) is 2.85. The predicted octanol–water partition coefficient (Wildman–Crippen LogP) is 3.20. The minimum atomic E-state index is -1.33. The minimum absolute atomic E-state index is 0.198. The van der Waals surface area contributed by atoms with Crippen LogP contribution in [0.1, 0.15) is 29.8 Å². The van der Waals surface area contributed by atoms with Crippen LogP contribution >= 0.6 is 15.9 Å². The molecule has 2 aromatic carbocycles. The van der Waals surface area contributed by atoms with E-state index >= 15 is 0 Å². The smallest absolute Gasteiger partial charge is 0.325 e. The second-order valence-corrected chi connectivity index (χ2v) is 7.67. The molecule has 1 aliphatic heterocycles. The molecule has 1 saturated heterocycles. The Labute approximate surface area is 174 Å². The summed E-state index contributed by atoms with van der Waals surface area (Å²) in [4.78, 5) is 49.6. The Morgan fingerprint density at radius 1 is 1.17 bits per heavy atom. The fourth-order valence-electron chi connectivity index (χ4n) is 3.07. The highest BCUT2D eigenvalue weighted by Crippen LogP contribution is 2.30. The maximum absolute atomic E-state index is 14.3. The fourth-order valence-corrected chi connectivity index (χ4v) is 3.33. The molecule has 1 heterocycles. The van der Waals surface area contributed by atoms with E-state index in [2.05, 4.69) is 26.6 Å². The van der Waals surface area contributed by atoms with E-state index in [0.717, 1.165) is 15.4 Å². The second kappa shape index (κ2) is 7.75. The first-order chi connectivity index (χ1) is 13.6. The Morgan fingerprint density at radius 3 is 2.41 bits per heavy atom. The number of rotatable bonds is 5. The van der Waals surface area contributed by atoms with Crippen molar-refractivity contribution in [3.8, 4) is 0 Å². The molecule has 0 aromatic heterocycles. The van der Waals surface area contributed by atoms with Crippen LogP contribution in [0.2, 0.25) is 0 Å². The summed E-state index contributed by atoms with van der Waals surface area (Å²) in [5, 5.41) is 5.01. The molecule has 7 nitrogen and oxygen atoms in total. The molecule has 1 aliphatic rings. The Balaban J connectivity index is 1.80. The monoisotopic (exact) mass is 461 g/mol. The van der Waals surface area contributed by atoms with Crippen molar-refractivity contribution >= 4 is 45.2 Å². The molecule has 1 fully saturated rings. The lowest BCUT2D eigenvalue weighted by atomic mass is 9.92. The highest BCUT2D eigenvalue weighted by atomic mass is 79.9. The number of hydrogen-bond acceptors (Lipinski definition) is 4. The molecule has 1 atom stereocenters. The fraction of sp³-hybridized carbons (Fsp3) is 0.200. The third-order valence-electron chi connectivity index (χ3n) is 4.59. The minimum Gasteiger partial charge on any atom is -0.326 e. The van der Waals surface area contributed by atoms with Crippen molar-refractivity contribution in [2.75, 3.05) is 11.9 Å². The zero-order chi connectivity index (χ0) is 21.3. The lowest BCUT2D eigenvalue weighted by molar-refractivity contribution is -0.130. The topological polar surface area (TPSA) is 95.6 Å². The van der Waals surface area contributed by atoms with Crippen molar-refractivity contribution in [1.82, 2.24) is 10.2 Å². The number of amides is 4. The van der Waals surface area contributed by atoms with Crippen molar-refractivity contribution in [2.45, 2.75) is 19.4 Å². The molecule has 3 rings (SSSR count). The molecule has 29 heavy (non-hydrogen) atoms. The van der Waals surface area contributed by atoms with E-state index in [1.54, 1.807) is 31.2 Å². The molecule has 150 valence electrons. The lowest BCUT2D eigenvalue weighted by Crippen LogP contribution is -2.41. The summed E-state index contributed by atoms with van der Waals surface area (Å²) >= 11 is 3.31. The van der Waals surface area contributed by atoms with Crippen LogP contribution in [0, 0.1) is 5.82 Å². The maximum atomic E-state index is 14.3. The number of ketones is 1. The number of Topliss-reactive ketones (excluding diaryl/α,β-unsaturated/α-hetero) is 1. The van der Waals surface area contributed by atoms with E-state index in [1.165, 1.54) is 19.1 Å². The zero-order valence-electron chi connectivity index (χ0n) is 15.6. The van der Waals surface area contributed by atoms with Crippen LogP contribution in [0.25, 0.3) is 0 Å². The molecule has 0 spiro atoms. The van der Waals surface area contributed by atoms with Gasteiger partial charge in [0.05, 0.1) is 12.1 Å². The number of carbonyl (C=O) groups is 4. The molecule has 0 bridgehead atoms. The van der Waals surface area contributed by atoms with Crippen LogP contribution < -0.4 is 10.6 Å². The molecule has 2 N–H and O–H groups in total. The van der Waals surface area contributed by atoms with Crippen LogP contribution in [-0.4, -0.2) is 35.1 Å². The number of nitrogens with one attached hydrogen (secondary N) is 2. The van der Waals surface area contributed by atoms with Gasteiger partial charge in [0.1, 0.15) is 11.4 Å². The van der Waals surface area contributed by atoms with Gasteiger partial charge in [-0.05, 0) is 42.8 Å². The molecule has 0 unspecified atom stereocenters. The standard InChI is InChI=1S/C20H17BrFN3O4/c1-11(26)23-14-7-8-15(16(22)9-14)17(27)10-25-18(28)20(2,24-19(25)29)12-3-5-13(21)6-4-12/h3-9H,10H2,1-2H3,(H,23,26)(H,24,29)/t20-/m1/s1. The van der Waals surface area contributed by atoms with Crippen LogP contribution in [0.3, 0.4) is 0 Å². The SMILES string of the molecule is CC(=O)Nc1ccc(C(=O)CN2C(=O)N[C@](C)(c3ccc(Br)cc3)C2=O)c(F)c1. The Bertz CT molecular complexity index is 1020. The van der Waals surface area contributed by atoms with E-state index < -0.39 is 35.6 Å². The first-order valence-corrected chi connectivity index (χ1v) is 9.41. The van der Waals surface area contributed by atoms with Gasteiger partial charge >= 0.3 is 6.03 Å². The van der Waals surface area contributed by atoms with Gasteiger partial charge in [-0.2, -0.15) is 0 Å². The number of carbonyl (C=O) groups excluding carboxylic acids is 4. The summed E-state index contributed by atoms with van der Waals surface area (Å²) in [6.07, 6.45) is 0. The van der Waals surface area contributed by atoms with E-state index in [9.17, 15) is 23.6 Å². The molecular formula is C20H17BrFN3O4. The van der Waals surface area contributed by atoms with Gasteiger partial charge in [-0.1, -0.05) is 28.1 Å². The molecule has 0 saturated carbocycles. The van der Waals surface area contributed by atoms with Crippen LogP contribution in [0.5, 0.6) is 0 Å². The number of nitrogens with zero attached hydrogens (tertiary/aromatic N) is 1. The van der Waals surface area contributed by atoms with Gasteiger partial charge in [-0.15, -0.1) is 0 Å². The van der Waals surface area contributed by atoms with Gasteiger partial charge in [0, 0.05) is 17.1 Å². The van der Waals surface area contributed by atoms with Crippen molar-refractivity contribution in [2.24, 2.45) is 0 Å². The average molecular weight is 462 g/mol. The third-order valence-corrected chi connectivity index (χ3v) is 5.12. The van der Waals surface area contributed by atoms with Gasteiger partial charge in [0.25, 0.3) is 5.91 Å². The first kappa shape index (κ1) is 20.7. The number of imide groups is 1. The first-order valence-electron chi connectivity index (χ1n) is 8.62. The van der Waals surface area contributed by atoms with Gasteiger partial charge in [-0.3, -0.25) is 19.3 Å². The molecule has 0 aliphatic carbocycles. The van der Waals surface area contributed by atoms with Crippen molar-refractivity contribution in [1.29, 1.82) is 0 Å². The summed E-state index contributed by atoms with van der Waals surface area (Å²) < 4.78 is 15.1. The number of halogens is 2. The van der Waals surface area contributed by atoms with Crippen LogP contribution in [0.4, 0.5) is 14.9 Å². The maximum Gasteiger partial charge on any atom is 0.325 e. The molecule has 4 amide bonds. The van der Waals surface area contributed by atoms with Crippen LogP contribution in [-0.2, 0) is 15.1 Å². The Kier molecular flexibility index (Phi) is 5.52. The number of hydrogen-bond donors (Lipinski definition) is 2. The molecule has 2 aromatic rings. The molecular weight excluding hydrogens is 445 g/mol. The normalized spacial score (nSPS) is 18.6. The molecule has 0 radical (unpaired) electrons. The van der Waals surface area contributed by atoms with Crippen molar-refractivity contribution in [3.63, 3.8) is 0 Å². The van der Waals surface area contributed by atoms with E-state index in [4.69, 9.17) is 0 Å². The van der Waals surface area contributed by atoms with E-state index in [0.29, 0.717) is 5.56 Å². The summed E-state index contributed by atoms with van der Waals surface area (Å²) in [5.41, 5.74) is -0.854. The summed E-state index contributed by atoms with van der Waals surface area (Å²) in [6, 6.07) is 9.70. The van der Waals surface area contributed by atoms with Gasteiger partial charge in [0.2, 0.25) is 5.91 Å². The quantitative estimate of drug-likeness (QED) is 0.527. The zero-order valence-corrected chi connectivity index (χ0v) is 17.2. The highest BCUT2D eigenvalue weighted by Gasteiger charge is 2.49. The number of benzene rings is 2. The largest absolute Gasteiger partial charge is 0.326 e. The van der Waals surface area contributed by atoms with Crippen molar-refractivity contribution in [3.05, 3.63) is 63.9 Å². The Morgan fingerprint density at radius 2 is 1.83 bits per heavy atom. The summed E-state index contributed by atoms with van der Waals surface area (Å²) in [6.45, 7) is 2.22. The lowest BCUT2D eigenvalue weighted by Gasteiger charge is -2.22. The van der Waals surface area contributed by atoms with Gasteiger partial charge < -0.3 is 10.6 Å². The Hall–Kier alpha value is -3.07. The van der Waals surface area contributed by atoms with Crippen LogP contribution in [0.15, 0.2) is 46.9 Å².